The van der Waals surface area contributed by atoms with Crippen molar-refractivity contribution >= 4 is 11.8 Å². The SMILES string of the molecule is CC.CC.COc1cc(C(=O)NCC(=O)NN)ccc1OCCO. The highest BCUT2D eigenvalue weighted by molar-refractivity contribution is 5.96. The van der Waals surface area contributed by atoms with Crippen LogP contribution in [0.3, 0.4) is 0 Å². The van der Waals surface area contributed by atoms with E-state index in [-0.39, 0.29) is 19.8 Å². The number of aliphatic hydroxyl groups excluding tert-OH is 1. The Kier molecular flexibility index (Phi) is 15.5. The number of carbonyl (C=O) groups is 2. The highest BCUT2D eigenvalue weighted by Crippen LogP contribution is 2.27. The fourth-order valence-electron chi connectivity index (χ4n) is 1.40. The summed E-state index contributed by atoms with van der Waals surface area (Å²) in [7, 11) is 1.44. The van der Waals surface area contributed by atoms with Gasteiger partial charge in [0.1, 0.15) is 6.61 Å². The molecular weight excluding hydrogens is 314 g/mol. The zero-order valence-corrected chi connectivity index (χ0v) is 15.0. The predicted octanol–water partition coefficient (Wildman–Crippen LogP) is 0.838. The van der Waals surface area contributed by atoms with Gasteiger partial charge in [-0.25, -0.2) is 5.84 Å². The van der Waals surface area contributed by atoms with Crippen molar-refractivity contribution in [3.63, 3.8) is 0 Å². The first kappa shape index (κ1) is 23.9. The van der Waals surface area contributed by atoms with Gasteiger partial charge in [0, 0.05) is 5.56 Å². The summed E-state index contributed by atoms with van der Waals surface area (Å²) in [6, 6.07) is 4.54. The minimum Gasteiger partial charge on any atom is -0.493 e. The van der Waals surface area contributed by atoms with Crippen LogP contribution < -0.4 is 26.1 Å². The molecule has 1 rings (SSSR count). The van der Waals surface area contributed by atoms with Crippen LogP contribution in [0.2, 0.25) is 0 Å². The van der Waals surface area contributed by atoms with Gasteiger partial charge in [-0.15, -0.1) is 0 Å². The summed E-state index contributed by atoms with van der Waals surface area (Å²) in [5.41, 5.74) is 2.21. The number of hydrazine groups is 1. The minimum atomic E-state index is -0.506. The first-order valence-electron chi connectivity index (χ1n) is 7.81. The zero-order chi connectivity index (χ0) is 19.0. The van der Waals surface area contributed by atoms with Crippen LogP contribution in [0.25, 0.3) is 0 Å². The number of nitrogens with one attached hydrogen (secondary N) is 2. The molecule has 0 spiro atoms. The van der Waals surface area contributed by atoms with E-state index in [9.17, 15) is 9.59 Å². The summed E-state index contributed by atoms with van der Waals surface area (Å²) in [5.74, 6) is 4.72. The minimum absolute atomic E-state index is 0.124. The normalized spacial score (nSPS) is 8.62. The van der Waals surface area contributed by atoms with Crippen LogP contribution in [0.15, 0.2) is 18.2 Å². The molecule has 0 heterocycles. The van der Waals surface area contributed by atoms with Crippen LogP contribution in [-0.4, -0.2) is 43.8 Å². The van der Waals surface area contributed by atoms with Gasteiger partial charge >= 0.3 is 0 Å². The summed E-state index contributed by atoms with van der Waals surface area (Å²) < 4.78 is 10.3. The van der Waals surface area contributed by atoms with Gasteiger partial charge in [-0.3, -0.25) is 15.0 Å². The molecule has 0 aliphatic rings. The fourth-order valence-corrected chi connectivity index (χ4v) is 1.40. The second kappa shape index (κ2) is 15.6. The molecule has 0 aliphatic heterocycles. The van der Waals surface area contributed by atoms with Gasteiger partial charge in [-0.05, 0) is 18.2 Å². The van der Waals surface area contributed by atoms with Crippen molar-refractivity contribution in [3.8, 4) is 11.5 Å². The van der Waals surface area contributed by atoms with E-state index in [0.717, 1.165) is 0 Å². The molecule has 0 fully saturated rings. The van der Waals surface area contributed by atoms with Gasteiger partial charge < -0.3 is 19.9 Å². The third kappa shape index (κ3) is 8.96. The monoisotopic (exact) mass is 343 g/mol. The zero-order valence-electron chi connectivity index (χ0n) is 15.0. The highest BCUT2D eigenvalue weighted by atomic mass is 16.5. The highest BCUT2D eigenvalue weighted by Gasteiger charge is 2.12. The van der Waals surface area contributed by atoms with E-state index >= 15 is 0 Å². The lowest BCUT2D eigenvalue weighted by molar-refractivity contribution is -0.120. The van der Waals surface area contributed by atoms with E-state index in [0.29, 0.717) is 17.1 Å². The maximum absolute atomic E-state index is 11.8. The molecule has 0 unspecified atom stereocenters. The first-order chi connectivity index (χ1) is 11.6. The summed E-state index contributed by atoms with van der Waals surface area (Å²) in [6.45, 7) is 7.78. The fraction of sp³-hybridized carbons (Fsp3) is 0.500. The van der Waals surface area contributed by atoms with Crippen molar-refractivity contribution in [1.29, 1.82) is 0 Å². The van der Waals surface area contributed by atoms with Gasteiger partial charge in [-0.2, -0.15) is 0 Å². The van der Waals surface area contributed by atoms with Crippen LogP contribution in [0.1, 0.15) is 38.1 Å². The average Bonchev–Trinajstić information content (AvgIpc) is 2.67. The first-order valence-corrected chi connectivity index (χ1v) is 7.81. The van der Waals surface area contributed by atoms with Crippen LogP contribution in [0.4, 0.5) is 0 Å². The Morgan fingerprint density at radius 3 is 2.29 bits per heavy atom. The number of ether oxygens (including phenoxy) is 2. The van der Waals surface area contributed by atoms with Crippen molar-refractivity contribution in [2.45, 2.75) is 27.7 Å². The summed E-state index contributed by atoms with van der Waals surface area (Å²) >= 11 is 0. The molecule has 0 saturated carbocycles. The maximum Gasteiger partial charge on any atom is 0.253 e. The summed E-state index contributed by atoms with van der Waals surface area (Å²) in [4.78, 5) is 22.7. The number of nitrogens with two attached hydrogens (primary N) is 1. The molecule has 0 aliphatic carbocycles. The van der Waals surface area contributed by atoms with E-state index in [2.05, 4.69) is 5.32 Å². The molecule has 24 heavy (non-hydrogen) atoms. The van der Waals surface area contributed by atoms with Gasteiger partial charge in [0.15, 0.2) is 11.5 Å². The number of carbonyl (C=O) groups excluding carboxylic acids is 2. The Morgan fingerprint density at radius 2 is 1.79 bits per heavy atom. The molecule has 2 amide bonds. The van der Waals surface area contributed by atoms with Crippen LogP contribution in [0, 0.1) is 0 Å². The molecule has 0 bridgehead atoms. The molecule has 0 atom stereocenters. The number of rotatable bonds is 7. The Labute approximate surface area is 143 Å². The maximum atomic E-state index is 11.8. The second-order valence-electron chi connectivity index (χ2n) is 3.69. The van der Waals surface area contributed by atoms with Crippen molar-refractivity contribution in [1.82, 2.24) is 10.7 Å². The number of hydrogen-bond donors (Lipinski definition) is 4. The van der Waals surface area contributed by atoms with Crippen molar-refractivity contribution in [3.05, 3.63) is 23.8 Å². The van der Waals surface area contributed by atoms with E-state index in [1.165, 1.54) is 19.2 Å². The molecular formula is C16H29N3O5. The lowest BCUT2D eigenvalue weighted by Gasteiger charge is -2.11. The summed E-state index contributed by atoms with van der Waals surface area (Å²) in [6.07, 6.45) is 0. The molecule has 0 aromatic heterocycles. The smallest absolute Gasteiger partial charge is 0.253 e. The van der Waals surface area contributed by atoms with Crippen LogP contribution in [-0.2, 0) is 4.79 Å². The van der Waals surface area contributed by atoms with Gasteiger partial charge in [0.25, 0.3) is 11.8 Å². The Balaban J connectivity index is 0. The number of hydrogen-bond acceptors (Lipinski definition) is 6. The molecule has 1 aromatic rings. The molecule has 8 nitrogen and oxygen atoms in total. The molecule has 8 heteroatoms. The number of methoxy groups -OCH3 is 1. The molecule has 1 aromatic carbocycles. The number of benzene rings is 1. The van der Waals surface area contributed by atoms with E-state index in [1.54, 1.807) is 6.07 Å². The van der Waals surface area contributed by atoms with Crippen LogP contribution >= 0.6 is 0 Å². The standard InChI is InChI=1S/C12H17N3O5.2C2H6/c1-19-10-6-8(2-3-9(10)20-5-4-16)12(18)14-7-11(17)15-13;2*1-2/h2-3,6,16H,4-5,7,13H2,1H3,(H,14,18)(H,15,17);2*1-2H3. The van der Waals surface area contributed by atoms with Crippen molar-refractivity contribution in [2.24, 2.45) is 5.84 Å². The third-order valence-electron chi connectivity index (χ3n) is 2.35. The summed E-state index contributed by atoms with van der Waals surface area (Å²) in [5, 5.41) is 11.1. The Hall–Kier alpha value is -2.32. The Bertz CT molecular complexity index is 481. The molecule has 5 N–H and O–H groups in total. The lowest BCUT2D eigenvalue weighted by Crippen LogP contribution is -2.40. The van der Waals surface area contributed by atoms with E-state index in [4.69, 9.17) is 20.4 Å². The lowest BCUT2D eigenvalue weighted by atomic mass is 10.2. The number of aliphatic hydroxyl groups is 1. The van der Waals surface area contributed by atoms with E-state index in [1.807, 2.05) is 33.1 Å². The third-order valence-corrected chi connectivity index (χ3v) is 2.35. The van der Waals surface area contributed by atoms with Crippen molar-refractivity contribution < 1.29 is 24.2 Å². The largest absolute Gasteiger partial charge is 0.493 e. The molecule has 0 radical (unpaired) electrons. The van der Waals surface area contributed by atoms with Gasteiger partial charge in [-0.1, -0.05) is 27.7 Å². The second-order valence-corrected chi connectivity index (χ2v) is 3.69. The average molecular weight is 343 g/mol. The van der Waals surface area contributed by atoms with Gasteiger partial charge in [0.2, 0.25) is 0 Å². The van der Waals surface area contributed by atoms with E-state index < -0.39 is 11.8 Å². The Morgan fingerprint density at radius 1 is 1.17 bits per heavy atom. The topological polar surface area (TPSA) is 123 Å². The molecule has 138 valence electrons. The van der Waals surface area contributed by atoms with Crippen LogP contribution in [0.5, 0.6) is 11.5 Å². The van der Waals surface area contributed by atoms with Gasteiger partial charge in [0.05, 0.1) is 20.3 Å². The predicted molar refractivity (Wildman–Crippen MR) is 92.9 cm³/mol. The van der Waals surface area contributed by atoms with Crippen molar-refractivity contribution in [2.75, 3.05) is 26.9 Å². The number of amides is 2. The molecule has 0 saturated heterocycles. The quantitative estimate of drug-likeness (QED) is 0.330.